The molecular formula is C26H33F3N2O4S. The maximum atomic E-state index is 13.1. The Morgan fingerprint density at radius 2 is 1.72 bits per heavy atom. The van der Waals surface area contributed by atoms with E-state index in [1.165, 1.54) is 11.8 Å². The van der Waals surface area contributed by atoms with Crippen molar-refractivity contribution in [2.24, 2.45) is 5.92 Å². The van der Waals surface area contributed by atoms with E-state index in [1.807, 2.05) is 26.8 Å². The highest BCUT2D eigenvalue weighted by Crippen LogP contribution is 2.29. The molecule has 0 unspecified atom stereocenters. The van der Waals surface area contributed by atoms with E-state index in [1.54, 1.807) is 12.3 Å². The Morgan fingerprint density at radius 1 is 1.03 bits per heavy atom. The molecule has 36 heavy (non-hydrogen) atoms. The summed E-state index contributed by atoms with van der Waals surface area (Å²) >= 11 is 1.39. The number of nitrogens with one attached hydrogen (secondary N) is 2. The SMILES string of the molecule is CCCC[C@H](NC(=O)[C@H](CC(C)C)NC(=O)c1ccc(C(F)(F)F)cc1)C(=O)CSCc1ccco1. The molecule has 0 saturated carbocycles. The molecule has 2 aromatic rings. The molecule has 2 amide bonds. The van der Waals surface area contributed by atoms with Gasteiger partial charge in [-0.25, -0.2) is 0 Å². The summed E-state index contributed by atoms with van der Waals surface area (Å²) in [7, 11) is 0. The third kappa shape index (κ3) is 9.72. The summed E-state index contributed by atoms with van der Waals surface area (Å²) in [5.74, 6) is 0.261. The number of carbonyl (C=O) groups is 3. The van der Waals surface area contributed by atoms with Gasteiger partial charge in [-0.3, -0.25) is 14.4 Å². The van der Waals surface area contributed by atoms with Gasteiger partial charge in [0.2, 0.25) is 5.91 Å². The van der Waals surface area contributed by atoms with Crippen molar-refractivity contribution in [3.63, 3.8) is 0 Å². The first-order valence-electron chi connectivity index (χ1n) is 11.9. The molecular weight excluding hydrogens is 493 g/mol. The lowest BCUT2D eigenvalue weighted by Gasteiger charge is -2.24. The van der Waals surface area contributed by atoms with Gasteiger partial charge in [0.25, 0.3) is 5.91 Å². The second-order valence-corrected chi connectivity index (χ2v) is 9.96. The van der Waals surface area contributed by atoms with Crippen LogP contribution in [0.3, 0.4) is 0 Å². The first kappa shape index (κ1) is 29.5. The summed E-state index contributed by atoms with van der Waals surface area (Å²) in [5, 5.41) is 5.42. The number of alkyl halides is 3. The lowest BCUT2D eigenvalue weighted by molar-refractivity contribution is -0.137. The minimum atomic E-state index is -4.51. The van der Waals surface area contributed by atoms with Crippen LogP contribution in [0.2, 0.25) is 0 Å². The van der Waals surface area contributed by atoms with Crippen molar-refractivity contribution in [1.82, 2.24) is 10.6 Å². The molecule has 2 rings (SSSR count). The van der Waals surface area contributed by atoms with Gasteiger partial charge in [0.15, 0.2) is 5.78 Å². The highest BCUT2D eigenvalue weighted by atomic mass is 32.2. The van der Waals surface area contributed by atoms with Crippen molar-refractivity contribution in [2.75, 3.05) is 5.75 Å². The van der Waals surface area contributed by atoms with E-state index in [-0.39, 0.29) is 23.0 Å². The Hall–Kier alpha value is -2.75. The normalized spacial score (nSPS) is 13.3. The molecule has 198 valence electrons. The number of amides is 2. The van der Waals surface area contributed by atoms with Crippen LogP contribution in [-0.2, 0) is 21.5 Å². The quantitative estimate of drug-likeness (QED) is 0.334. The lowest BCUT2D eigenvalue weighted by Crippen LogP contribution is -2.52. The van der Waals surface area contributed by atoms with Gasteiger partial charge in [-0.15, -0.1) is 11.8 Å². The van der Waals surface area contributed by atoms with Gasteiger partial charge in [-0.2, -0.15) is 13.2 Å². The number of hydrogen-bond acceptors (Lipinski definition) is 5. The number of ketones is 1. The lowest BCUT2D eigenvalue weighted by atomic mass is 10.0. The standard InChI is InChI=1S/C26H33F3N2O4S/c1-4-5-8-21(23(32)16-36-15-20-7-6-13-35-20)30-25(34)22(14-17(2)3)31-24(33)18-9-11-19(12-10-18)26(27,28)29/h6-7,9-13,17,21-22H,4-5,8,14-16H2,1-3H3,(H,30,34)(H,31,33)/t21-,22-/m0/s1. The largest absolute Gasteiger partial charge is 0.468 e. The van der Waals surface area contributed by atoms with Gasteiger partial charge >= 0.3 is 6.18 Å². The first-order valence-corrected chi connectivity index (χ1v) is 13.1. The Labute approximate surface area is 213 Å². The smallest absolute Gasteiger partial charge is 0.416 e. The number of carbonyl (C=O) groups excluding carboxylic acids is 3. The molecule has 0 bridgehead atoms. The van der Waals surface area contributed by atoms with E-state index in [9.17, 15) is 27.6 Å². The minimum absolute atomic E-state index is 0.0116. The third-order valence-electron chi connectivity index (χ3n) is 5.42. The predicted molar refractivity (Wildman–Crippen MR) is 133 cm³/mol. The molecule has 0 aliphatic rings. The molecule has 0 radical (unpaired) electrons. The van der Waals surface area contributed by atoms with Gasteiger partial charge in [0, 0.05) is 5.56 Å². The monoisotopic (exact) mass is 526 g/mol. The van der Waals surface area contributed by atoms with Crippen LogP contribution in [0.25, 0.3) is 0 Å². The summed E-state index contributed by atoms with van der Waals surface area (Å²) in [6.45, 7) is 5.76. The summed E-state index contributed by atoms with van der Waals surface area (Å²) in [6, 6.07) is 5.77. The van der Waals surface area contributed by atoms with Crippen molar-refractivity contribution < 1.29 is 32.0 Å². The number of rotatable bonds is 14. The fourth-order valence-electron chi connectivity index (χ4n) is 3.50. The number of thioether (sulfide) groups is 1. The second kappa shape index (κ2) is 14.1. The number of unbranched alkanes of at least 4 members (excludes halogenated alkanes) is 1. The molecule has 1 aromatic carbocycles. The van der Waals surface area contributed by atoms with E-state index in [2.05, 4.69) is 10.6 Å². The molecule has 10 heteroatoms. The van der Waals surface area contributed by atoms with Gasteiger partial charge in [0.05, 0.1) is 29.4 Å². The molecule has 0 aliphatic heterocycles. The Kier molecular flexibility index (Phi) is 11.6. The summed E-state index contributed by atoms with van der Waals surface area (Å²) in [4.78, 5) is 38.7. The molecule has 0 spiro atoms. The fourth-order valence-corrected chi connectivity index (χ4v) is 4.37. The Balaban J connectivity index is 2.05. The van der Waals surface area contributed by atoms with E-state index in [0.717, 1.165) is 42.9 Å². The van der Waals surface area contributed by atoms with Crippen molar-refractivity contribution in [1.29, 1.82) is 0 Å². The average Bonchev–Trinajstić information content (AvgIpc) is 3.33. The molecule has 0 saturated heterocycles. The van der Waals surface area contributed by atoms with Crippen LogP contribution >= 0.6 is 11.8 Å². The zero-order valence-corrected chi connectivity index (χ0v) is 21.5. The van der Waals surface area contributed by atoms with Crippen LogP contribution in [0.5, 0.6) is 0 Å². The van der Waals surface area contributed by atoms with Crippen LogP contribution in [0, 0.1) is 5.92 Å². The molecule has 1 heterocycles. The second-order valence-electron chi connectivity index (χ2n) is 8.97. The highest BCUT2D eigenvalue weighted by molar-refractivity contribution is 7.99. The van der Waals surface area contributed by atoms with Crippen molar-refractivity contribution in [3.05, 3.63) is 59.5 Å². The van der Waals surface area contributed by atoms with Crippen molar-refractivity contribution in [3.8, 4) is 0 Å². The molecule has 0 aliphatic carbocycles. The van der Waals surface area contributed by atoms with Crippen molar-refractivity contribution >= 4 is 29.4 Å². The zero-order chi connectivity index (χ0) is 26.7. The fraction of sp³-hybridized carbons (Fsp3) is 0.500. The topological polar surface area (TPSA) is 88.4 Å². The first-order chi connectivity index (χ1) is 17.0. The maximum Gasteiger partial charge on any atom is 0.416 e. The molecule has 0 fully saturated rings. The highest BCUT2D eigenvalue weighted by Gasteiger charge is 2.31. The van der Waals surface area contributed by atoms with E-state index < -0.39 is 35.6 Å². The van der Waals surface area contributed by atoms with Crippen LogP contribution in [0.4, 0.5) is 13.2 Å². The third-order valence-corrected chi connectivity index (χ3v) is 6.40. The molecule has 2 N–H and O–H groups in total. The summed E-state index contributed by atoms with van der Waals surface area (Å²) < 4.78 is 43.7. The number of halogens is 3. The Bertz CT molecular complexity index is 976. The van der Waals surface area contributed by atoms with E-state index in [4.69, 9.17) is 4.42 Å². The van der Waals surface area contributed by atoms with Crippen LogP contribution in [0.15, 0.2) is 47.1 Å². The molecule has 2 atom stereocenters. The van der Waals surface area contributed by atoms with Crippen molar-refractivity contribution in [2.45, 2.75) is 70.5 Å². The van der Waals surface area contributed by atoms with Gasteiger partial charge < -0.3 is 15.1 Å². The van der Waals surface area contributed by atoms with Crippen LogP contribution in [-0.4, -0.2) is 35.4 Å². The van der Waals surface area contributed by atoms with Gasteiger partial charge in [0.1, 0.15) is 11.8 Å². The van der Waals surface area contributed by atoms with E-state index in [0.29, 0.717) is 18.6 Å². The van der Waals surface area contributed by atoms with Crippen LogP contribution < -0.4 is 10.6 Å². The summed E-state index contributed by atoms with van der Waals surface area (Å²) in [6.07, 6.45) is -0.573. The Morgan fingerprint density at radius 3 is 2.28 bits per heavy atom. The zero-order valence-electron chi connectivity index (χ0n) is 20.7. The van der Waals surface area contributed by atoms with Crippen LogP contribution in [0.1, 0.15) is 68.1 Å². The number of benzene rings is 1. The van der Waals surface area contributed by atoms with Gasteiger partial charge in [-0.05, 0) is 55.2 Å². The molecule has 1 aromatic heterocycles. The predicted octanol–water partition coefficient (Wildman–Crippen LogP) is 5.62. The van der Waals surface area contributed by atoms with E-state index >= 15 is 0 Å². The summed E-state index contributed by atoms with van der Waals surface area (Å²) in [5.41, 5.74) is -0.852. The number of Topliss-reactive ketones (excluding diaryl/α,β-unsaturated/α-hetero) is 1. The maximum absolute atomic E-state index is 13.1. The molecule has 6 nitrogen and oxygen atoms in total. The minimum Gasteiger partial charge on any atom is -0.468 e. The number of furan rings is 1. The number of hydrogen-bond donors (Lipinski definition) is 2. The van der Waals surface area contributed by atoms with Gasteiger partial charge in [-0.1, -0.05) is 33.6 Å². The average molecular weight is 527 g/mol.